The molecule has 0 saturated carbocycles. The Bertz CT molecular complexity index is 376. The van der Waals surface area contributed by atoms with Crippen LogP contribution in [0.1, 0.15) is 5.56 Å². The summed E-state index contributed by atoms with van der Waals surface area (Å²) >= 11 is 3.37. The molecule has 0 amide bonds. The Hall–Kier alpha value is -1.03. The summed E-state index contributed by atoms with van der Waals surface area (Å²) in [6.45, 7) is 0. The van der Waals surface area contributed by atoms with E-state index in [1.165, 1.54) is 7.11 Å². The molecule has 0 N–H and O–H groups in total. The van der Waals surface area contributed by atoms with Gasteiger partial charge in [0.25, 0.3) is 0 Å². The van der Waals surface area contributed by atoms with Gasteiger partial charge in [0.15, 0.2) is 6.10 Å². The number of ether oxygens (including phenoxy) is 2. The number of hydrogen-bond acceptors (Lipinski definition) is 3. The van der Waals surface area contributed by atoms with E-state index in [1.807, 2.05) is 18.2 Å². The second kappa shape index (κ2) is 3.61. The lowest BCUT2D eigenvalue weighted by Gasteiger charge is -2.06. The Morgan fingerprint density at radius 3 is 3.14 bits per heavy atom. The zero-order valence-electron chi connectivity index (χ0n) is 7.62. The van der Waals surface area contributed by atoms with E-state index in [-0.39, 0.29) is 5.97 Å². The van der Waals surface area contributed by atoms with E-state index in [0.717, 1.165) is 15.8 Å². The van der Waals surface area contributed by atoms with E-state index < -0.39 is 6.10 Å². The lowest BCUT2D eigenvalue weighted by atomic mass is 10.1. The van der Waals surface area contributed by atoms with Crippen molar-refractivity contribution in [2.75, 3.05) is 7.11 Å². The summed E-state index contributed by atoms with van der Waals surface area (Å²) in [5.41, 5.74) is 1.04. The van der Waals surface area contributed by atoms with Crippen LogP contribution in [0.25, 0.3) is 0 Å². The molecule has 1 aliphatic heterocycles. The topological polar surface area (TPSA) is 35.5 Å². The van der Waals surface area contributed by atoms with Crippen LogP contribution in [0.2, 0.25) is 0 Å². The normalized spacial score (nSPS) is 18.6. The quantitative estimate of drug-likeness (QED) is 0.721. The lowest BCUT2D eigenvalue weighted by Crippen LogP contribution is -2.26. The Morgan fingerprint density at radius 1 is 1.64 bits per heavy atom. The van der Waals surface area contributed by atoms with E-state index in [9.17, 15) is 4.79 Å². The number of methoxy groups -OCH3 is 1. The van der Waals surface area contributed by atoms with Gasteiger partial charge in [-0.3, -0.25) is 0 Å². The maximum atomic E-state index is 11.2. The largest absolute Gasteiger partial charge is 0.478 e. The van der Waals surface area contributed by atoms with Gasteiger partial charge in [0.2, 0.25) is 0 Å². The summed E-state index contributed by atoms with van der Waals surface area (Å²) < 4.78 is 11.0. The van der Waals surface area contributed by atoms with Crippen molar-refractivity contribution >= 4 is 21.9 Å². The monoisotopic (exact) mass is 256 g/mol. The van der Waals surface area contributed by atoms with Gasteiger partial charge >= 0.3 is 5.97 Å². The minimum atomic E-state index is -0.482. The first kappa shape index (κ1) is 9.52. The highest BCUT2D eigenvalue weighted by atomic mass is 79.9. The summed E-state index contributed by atoms with van der Waals surface area (Å²) in [6, 6.07) is 5.69. The van der Waals surface area contributed by atoms with E-state index in [4.69, 9.17) is 4.74 Å². The summed E-state index contributed by atoms with van der Waals surface area (Å²) in [7, 11) is 1.37. The standard InChI is InChI=1S/C10H9BrO3/c1-13-10(12)9-5-6-4-7(11)2-3-8(6)14-9/h2-4,9H,5H2,1H3. The number of benzene rings is 1. The van der Waals surface area contributed by atoms with Crippen molar-refractivity contribution in [2.45, 2.75) is 12.5 Å². The minimum absolute atomic E-state index is 0.322. The fraction of sp³-hybridized carbons (Fsp3) is 0.300. The second-order valence-corrected chi connectivity index (χ2v) is 4.00. The molecule has 1 heterocycles. The van der Waals surface area contributed by atoms with Crippen molar-refractivity contribution in [3.63, 3.8) is 0 Å². The molecule has 0 aliphatic carbocycles. The third kappa shape index (κ3) is 1.62. The highest BCUT2D eigenvalue weighted by molar-refractivity contribution is 9.10. The van der Waals surface area contributed by atoms with Gasteiger partial charge in [-0.15, -0.1) is 0 Å². The van der Waals surface area contributed by atoms with E-state index in [0.29, 0.717) is 6.42 Å². The summed E-state index contributed by atoms with van der Waals surface area (Å²) in [6.07, 6.45) is 0.103. The van der Waals surface area contributed by atoms with Gasteiger partial charge in [0.05, 0.1) is 7.11 Å². The molecule has 0 spiro atoms. The molecule has 1 aromatic rings. The number of fused-ring (bicyclic) bond motifs is 1. The second-order valence-electron chi connectivity index (χ2n) is 3.09. The molecule has 1 aliphatic rings. The number of hydrogen-bond donors (Lipinski definition) is 0. The number of esters is 1. The molecule has 1 atom stereocenters. The van der Waals surface area contributed by atoms with Gasteiger partial charge in [-0.1, -0.05) is 15.9 Å². The molecular weight excluding hydrogens is 248 g/mol. The first-order valence-corrected chi connectivity index (χ1v) is 5.03. The highest BCUT2D eigenvalue weighted by Crippen LogP contribution is 2.31. The summed E-state index contributed by atoms with van der Waals surface area (Å²) in [4.78, 5) is 11.2. The molecule has 4 heteroatoms. The molecule has 1 aromatic carbocycles. The van der Waals surface area contributed by atoms with Crippen LogP contribution in [0, 0.1) is 0 Å². The third-order valence-corrected chi connectivity index (χ3v) is 2.65. The molecule has 2 rings (SSSR count). The Balaban J connectivity index is 2.22. The van der Waals surface area contributed by atoms with E-state index in [2.05, 4.69) is 20.7 Å². The first-order chi connectivity index (χ1) is 6.70. The highest BCUT2D eigenvalue weighted by Gasteiger charge is 2.29. The first-order valence-electron chi connectivity index (χ1n) is 4.23. The van der Waals surface area contributed by atoms with Gasteiger partial charge in [0, 0.05) is 10.9 Å². The molecule has 0 aromatic heterocycles. The zero-order valence-corrected chi connectivity index (χ0v) is 9.21. The fourth-order valence-corrected chi connectivity index (χ4v) is 1.89. The summed E-state index contributed by atoms with van der Waals surface area (Å²) in [5.74, 6) is 0.445. The van der Waals surface area contributed by atoms with Crippen molar-refractivity contribution in [1.29, 1.82) is 0 Å². The van der Waals surface area contributed by atoms with Crippen LogP contribution < -0.4 is 4.74 Å². The van der Waals surface area contributed by atoms with Crippen LogP contribution in [0.5, 0.6) is 5.75 Å². The van der Waals surface area contributed by atoms with Crippen molar-refractivity contribution in [3.8, 4) is 5.75 Å². The minimum Gasteiger partial charge on any atom is -0.478 e. The average molecular weight is 257 g/mol. The number of carbonyl (C=O) groups excluding carboxylic acids is 1. The van der Waals surface area contributed by atoms with Gasteiger partial charge in [-0.05, 0) is 23.8 Å². The van der Waals surface area contributed by atoms with Gasteiger partial charge < -0.3 is 9.47 Å². The zero-order chi connectivity index (χ0) is 10.1. The SMILES string of the molecule is COC(=O)C1Cc2cc(Br)ccc2O1. The van der Waals surface area contributed by atoms with Crippen LogP contribution in [0.4, 0.5) is 0 Å². The molecule has 0 bridgehead atoms. The maximum absolute atomic E-state index is 11.2. The molecule has 1 unspecified atom stereocenters. The van der Waals surface area contributed by atoms with Crippen LogP contribution >= 0.6 is 15.9 Å². The smallest absolute Gasteiger partial charge is 0.347 e. The van der Waals surface area contributed by atoms with E-state index in [1.54, 1.807) is 0 Å². The van der Waals surface area contributed by atoms with Crippen LogP contribution in [0.15, 0.2) is 22.7 Å². The van der Waals surface area contributed by atoms with Crippen molar-refractivity contribution in [2.24, 2.45) is 0 Å². The molecule has 0 radical (unpaired) electrons. The van der Waals surface area contributed by atoms with Crippen molar-refractivity contribution in [3.05, 3.63) is 28.2 Å². The molecule has 74 valence electrons. The Labute approximate surface area is 90.1 Å². The number of carbonyl (C=O) groups is 1. The molecular formula is C10H9BrO3. The van der Waals surface area contributed by atoms with Gasteiger partial charge in [-0.25, -0.2) is 4.79 Å². The lowest BCUT2D eigenvalue weighted by molar-refractivity contribution is -0.147. The third-order valence-electron chi connectivity index (χ3n) is 2.16. The predicted molar refractivity (Wildman–Crippen MR) is 54.3 cm³/mol. The maximum Gasteiger partial charge on any atom is 0.347 e. The molecule has 0 saturated heterocycles. The summed E-state index contributed by atoms with van der Waals surface area (Å²) in [5, 5.41) is 0. The Kier molecular flexibility index (Phi) is 2.46. The van der Waals surface area contributed by atoms with Gasteiger partial charge in [0.1, 0.15) is 5.75 Å². The number of halogens is 1. The molecule has 3 nitrogen and oxygen atoms in total. The van der Waals surface area contributed by atoms with Crippen molar-refractivity contribution in [1.82, 2.24) is 0 Å². The van der Waals surface area contributed by atoms with Crippen molar-refractivity contribution < 1.29 is 14.3 Å². The van der Waals surface area contributed by atoms with Gasteiger partial charge in [-0.2, -0.15) is 0 Å². The molecule has 0 fully saturated rings. The number of rotatable bonds is 1. The average Bonchev–Trinajstić information content (AvgIpc) is 2.59. The predicted octanol–water partition coefficient (Wildman–Crippen LogP) is 1.93. The Morgan fingerprint density at radius 2 is 2.43 bits per heavy atom. The molecule has 14 heavy (non-hydrogen) atoms. The van der Waals surface area contributed by atoms with E-state index >= 15 is 0 Å². The fourth-order valence-electron chi connectivity index (χ4n) is 1.48. The van der Waals surface area contributed by atoms with Crippen LogP contribution in [0.3, 0.4) is 0 Å². The van der Waals surface area contributed by atoms with Crippen LogP contribution in [-0.4, -0.2) is 19.2 Å². The van der Waals surface area contributed by atoms with Crippen LogP contribution in [-0.2, 0) is 16.0 Å².